The van der Waals surface area contributed by atoms with E-state index in [4.69, 9.17) is 10.00 Å². The summed E-state index contributed by atoms with van der Waals surface area (Å²) in [6.45, 7) is 3.49. The molecule has 0 aliphatic heterocycles. The van der Waals surface area contributed by atoms with Crippen molar-refractivity contribution in [1.82, 2.24) is 10.2 Å². The third kappa shape index (κ3) is 4.87. The van der Waals surface area contributed by atoms with Gasteiger partial charge in [-0.3, -0.25) is 10.1 Å². The van der Waals surface area contributed by atoms with E-state index in [9.17, 15) is 4.79 Å². The predicted octanol–water partition coefficient (Wildman–Crippen LogP) is 2.71. The largest absolute Gasteiger partial charge is 0.484 e. The summed E-state index contributed by atoms with van der Waals surface area (Å²) in [5, 5.41) is 19.6. The molecule has 0 radical (unpaired) electrons. The van der Waals surface area contributed by atoms with Crippen LogP contribution in [0.15, 0.2) is 41.3 Å². The molecule has 8 heteroatoms. The molecule has 1 aromatic heterocycles. The van der Waals surface area contributed by atoms with Gasteiger partial charge in [0.1, 0.15) is 5.75 Å². The number of nitrogens with zero attached hydrogens (tertiary/aromatic N) is 3. The first-order chi connectivity index (χ1) is 10.7. The maximum atomic E-state index is 11.8. The van der Waals surface area contributed by atoms with Crippen LogP contribution in [0.25, 0.3) is 0 Å². The normalized spacial score (nSPS) is 9.77. The summed E-state index contributed by atoms with van der Waals surface area (Å²) in [7, 11) is 0. The third-order valence-corrected chi connectivity index (χ3v) is 4.30. The van der Waals surface area contributed by atoms with Gasteiger partial charge in [0.15, 0.2) is 10.9 Å². The lowest BCUT2D eigenvalue weighted by molar-refractivity contribution is -0.118. The number of amides is 1. The molecule has 1 amide bonds. The minimum absolute atomic E-state index is 0.138. The number of anilines is 1. The first-order valence-corrected chi connectivity index (χ1v) is 8.01. The Morgan fingerprint density at radius 2 is 2.23 bits per heavy atom. The smallest absolute Gasteiger partial charge is 0.264 e. The zero-order valence-electron chi connectivity index (χ0n) is 11.5. The number of benzene rings is 1. The highest BCUT2D eigenvalue weighted by molar-refractivity contribution is 8.01. The standard InChI is InChI=1S/C14H12N4O2S2/c1-2-7-21-14-18-17-13(22-14)16-12(19)9-20-11-5-3-10(8-15)4-6-11/h2-6H,1,7,9H2,(H,16,17,19). The van der Waals surface area contributed by atoms with Crippen LogP contribution < -0.4 is 10.1 Å². The molecular weight excluding hydrogens is 320 g/mol. The Bertz CT molecular complexity index is 692. The van der Waals surface area contributed by atoms with E-state index in [1.807, 2.05) is 6.07 Å². The monoisotopic (exact) mass is 332 g/mol. The molecule has 0 atom stereocenters. The molecular formula is C14H12N4O2S2. The minimum Gasteiger partial charge on any atom is -0.484 e. The van der Waals surface area contributed by atoms with E-state index in [1.54, 1.807) is 30.3 Å². The van der Waals surface area contributed by atoms with E-state index in [-0.39, 0.29) is 12.5 Å². The number of hydrogen-bond acceptors (Lipinski definition) is 7. The van der Waals surface area contributed by atoms with E-state index in [2.05, 4.69) is 22.1 Å². The van der Waals surface area contributed by atoms with Gasteiger partial charge in [0, 0.05) is 5.75 Å². The second-order valence-corrected chi connectivity index (χ2v) is 6.19. The van der Waals surface area contributed by atoms with Crippen molar-refractivity contribution in [2.75, 3.05) is 17.7 Å². The predicted molar refractivity (Wildman–Crippen MR) is 86.1 cm³/mol. The van der Waals surface area contributed by atoms with Crippen molar-refractivity contribution in [3.05, 3.63) is 42.5 Å². The molecule has 6 nitrogen and oxygen atoms in total. The van der Waals surface area contributed by atoms with E-state index >= 15 is 0 Å². The maximum absolute atomic E-state index is 11.8. The molecule has 0 aliphatic rings. The molecule has 112 valence electrons. The maximum Gasteiger partial charge on any atom is 0.264 e. The van der Waals surface area contributed by atoms with Crippen LogP contribution >= 0.6 is 23.1 Å². The Labute approximate surface area is 135 Å². The van der Waals surface area contributed by atoms with Crippen molar-refractivity contribution in [1.29, 1.82) is 5.26 Å². The van der Waals surface area contributed by atoms with Crippen LogP contribution in [0.1, 0.15) is 5.56 Å². The van der Waals surface area contributed by atoms with E-state index in [0.29, 0.717) is 16.4 Å². The summed E-state index contributed by atoms with van der Waals surface area (Å²) in [6, 6.07) is 8.54. The fourth-order valence-electron chi connectivity index (χ4n) is 1.38. The van der Waals surface area contributed by atoms with Gasteiger partial charge in [-0.2, -0.15) is 5.26 Å². The number of rotatable bonds is 7. The van der Waals surface area contributed by atoms with Crippen molar-refractivity contribution in [2.45, 2.75) is 4.34 Å². The van der Waals surface area contributed by atoms with Gasteiger partial charge in [0.05, 0.1) is 11.6 Å². The van der Waals surface area contributed by atoms with Crippen molar-refractivity contribution in [3.8, 4) is 11.8 Å². The topological polar surface area (TPSA) is 87.9 Å². The SMILES string of the molecule is C=CCSc1nnc(NC(=O)COc2ccc(C#N)cc2)s1. The lowest BCUT2D eigenvalue weighted by atomic mass is 10.2. The molecule has 2 aromatic rings. The number of ether oxygens (including phenoxy) is 1. The van der Waals surface area contributed by atoms with Gasteiger partial charge in [0.2, 0.25) is 5.13 Å². The third-order valence-electron chi connectivity index (χ3n) is 2.33. The van der Waals surface area contributed by atoms with Gasteiger partial charge in [0.25, 0.3) is 5.91 Å². The zero-order valence-corrected chi connectivity index (χ0v) is 13.1. The minimum atomic E-state index is -0.319. The Balaban J connectivity index is 1.81. The van der Waals surface area contributed by atoms with E-state index < -0.39 is 0 Å². The average Bonchev–Trinajstić information content (AvgIpc) is 2.98. The molecule has 1 N–H and O–H groups in total. The summed E-state index contributed by atoms with van der Waals surface area (Å²) < 4.78 is 6.09. The van der Waals surface area contributed by atoms with Gasteiger partial charge >= 0.3 is 0 Å². The molecule has 0 unspecified atom stereocenters. The summed E-state index contributed by atoms with van der Waals surface area (Å²) >= 11 is 2.80. The van der Waals surface area contributed by atoms with Crippen molar-refractivity contribution in [2.24, 2.45) is 0 Å². The van der Waals surface area contributed by atoms with E-state index in [1.165, 1.54) is 23.1 Å². The lowest BCUT2D eigenvalue weighted by Gasteiger charge is -2.05. The zero-order chi connectivity index (χ0) is 15.8. The highest BCUT2D eigenvalue weighted by Crippen LogP contribution is 2.25. The van der Waals surface area contributed by atoms with Crippen LogP contribution in [0.4, 0.5) is 5.13 Å². The number of aromatic nitrogens is 2. The van der Waals surface area contributed by atoms with Crippen LogP contribution in [0.2, 0.25) is 0 Å². The van der Waals surface area contributed by atoms with Crippen LogP contribution in [0, 0.1) is 11.3 Å². The molecule has 0 saturated carbocycles. The molecule has 1 aromatic carbocycles. The molecule has 0 spiro atoms. The molecule has 2 rings (SSSR count). The molecule has 0 aliphatic carbocycles. The van der Waals surface area contributed by atoms with Gasteiger partial charge in [-0.1, -0.05) is 29.2 Å². The molecule has 1 heterocycles. The number of nitrogens with one attached hydrogen (secondary N) is 1. The van der Waals surface area contributed by atoms with Gasteiger partial charge in [-0.15, -0.1) is 16.8 Å². The molecule has 0 saturated heterocycles. The fourth-order valence-corrected chi connectivity index (χ4v) is 2.91. The van der Waals surface area contributed by atoms with Crippen molar-refractivity contribution < 1.29 is 9.53 Å². The second kappa shape index (κ2) is 8.17. The average molecular weight is 332 g/mol. The molecule has 0 bridgehead atoms. The fraction of sp³-hybridized carbons (Fsp3) is 0.143. The summed E-state index contributed by atoms with van der Waals surface area (Å²) in [4.78, 5) is 11.8. The lowest BCUT2D eigenvalue weighted by Crippen LogP contribution is -2.20. The van der Waals surface area contributed by atoms with E-state index in [0.717, 1.165) is 10.1 Å². The second-order valence-electron chi connectivity index (χ2n) is 3.95. The Hall–Kier alpha value is -2.37. The van der Waals surface area contributed by atoms with Crippen LogP contribution in [0.5, 0.6) is 5.75 Å². The van der Waals surface area contributed by atoms with Gasteiger partial charge in [-0.05, 0) is 24.3 Å². The molecule has 22 heavy (non-hydrogen) atoms. The van der Waals surface area contributed by atoms with Crippen molar-refractivity contribution in [3.63, 3.8) is 0 Å². The highest BCUT2D eigenvalue weighted by atomic mass is 32.2. The quantitative estimate of drug-likeness (QED) is 0.476. The van der Waals surface area contributed by atoms with Crippen LogP contribution in [0.3, 0.4) is 0 Å². The molecule has 0 fully saturated rings. The van der Waals surface area contributed by atoms with Crippen molar-refractivity contribution >= 4 is 34.1 Å². The summed E-state index contributed by atoms with van der Waals surface area (Å²) in [5.41, 5.74) is 0.537. The number of nitriles is 1. The van der Waals surface area contributed by atoms with Crippen LogP contribution in [-0.2, 0) is 4.79 Å². The number of hydrogen-bond donors (Lipinski definition) is 1. The number of carbonyl (C=O) groups is 1. The Morgan fingerprint density at radius 1 is 1.45 bits per heavy atom. The first-order valence-electron chi connectivity index (χ1n) is 6.21. The van der Waals surface area contributed by atoms with Crippen LogP contribution in [-0.4, -0.2) is 28.5 Å². The van der Waals surface area contributed by atoms with Gasteiger partial charge < -0.3 is 4.74 Å². The first kappa shape index (κ1) is 16.0. The number of carbonyl (C=O) groups excluding carboxylic acids is 1. The summed E-state index contributed by atoms with van der Waals surface area (Å²) in [5.74, 6) is 0.944. The highest BCUT2D eigenvalue weighted by Gasteiger charge is 2.09. The van der Waals surface area contributed by atoms with Gasteiger partial charge in [-0.25, -0.2) is 0 Å². The number of thioether (sulfide) groups is 1. The Morgan fingerprint density at radius 3 is 2.91 bits per heavy atom. The summed E-state index contributed by atoms with van der Waals surface area (Å²) in [6.07, 6.45) is 1.77. The Kier molecular flexibility index (Phi) is 5.94.